The minimum Gasteiger partial charge on any atom is -0.858 e. The van der Waals surface area contributed by atoms with Crippen LogP contribution in [0.15, 0.2) is 47.5 Å². The number of rotatable bonds is 14. The number of methoxy groups -OCH3 is 1. The van der Waals surface area contributed by atoms with Gasteiger partial charge in [0.1, 0.15) is 6.04 Å². The first-order valence-corrected chi connectivity index (χ1v) is 14.7. The number of carbonyl (C=O) groups is 1. The minimum atomic E-state index is -1.07. The molecule has 0 spiro atoms. The number of carboxylic acids is 1. The van der Waals surface area contributed by atoms with Crippen LogP contribution in [0, 0.1) is 12.8 Å². The third-order valence-electron chi connectivity index (χ3n) is 7.21. The van der Waals surface area contributed by atoms with Crippen LogP contribution in [0.4, 0.5) is 0 Å². The van der Waals surface area contributed by atoms with E-state index in [9.17, 15) is 15.0 Å². The number of benzene rings is 2. The summed E-state index contributed by atoms with van der Waals surface area (Å²) in [4.78, 5) is 15.8. The van der Waals surface area contributed by atoms with Crippen molar-refractivity contribution in [3.63, 3.8) is 0 Å². The van der Waals surface area contributed by atoms with Crippen molar-refractivity contribution >= 4 is 23.6 Å². The van der Waals surface area contributed by atoms with Crippen molar-refractivity contribution < 1.29 is 38.6 Å². The molecule has 0 unspecified atom stereocenters. The van der Waals surface area contributed by atoms with E-state index in [0.29, 0.717) is 30.9 Å². The molecule has 1 aliphatic rings. The summed E-state index contributed by atoms with van der Waals surface area (Å²) in [6, 6.07) is 13.0. The number of aliphatic imine (C=N–C) groups is 1. The standard InChI is InChI=1S/C30H42N2O4S.Li/c1-21-9-7-8-12-25(21)27-18-23(19-31-24(20-36-2)17-22-10-5-4-6-11-22)13-14-26(27)29(33)32-28(30(34)35)15-16-37-3;/h7-9,12-14,18,22,24,28,31H,4-6,10-11,15-17,19-20H2,1-3H3,(H,32,33)(H,34,35);/q;+1/p-1/t24-,28-;/m0./s1. The number of nitrogens with one attached hydrogen (secondary N) is 1. The predicted octanol–water partition coefficient (Wildman–Crippen LogP) is 2.05. The average Bonchev–Trinajstić information content (AvgIpc) is 2.90. The number of hydrogen-bond acceptors (Lipinski definition) is 6. The molecular weight excluding hydrogens is 491 g/mol. The molecule has 0 aliphatic heterocycles. The molecule has 2 atom stereocenters. The summed E-state index contributed by atoms with van der Waals surface area (Å²) in [5.74, 6) is -0.172. The van der Waals surface area contributed by atoms with Crippen molar-refractivity contribution in [3.8, 4) is 11.1 Å². The van der Waals surface area contributed by atoms with Gasteiger partial charge in [-0.15, -0.1) is 0 Å². The van der Waals surface area contributed by atoms with Gasteiger partial charge >= 0.3 is 24.8 Å². The quantitative estimate of drug-likeness (QED) is 0.220. The van der Waals surface area contributed by atoms with Crippen molar-refractivity contribution in [2.75, 3.05) is 25.7 Å². The van der Waals surface area contributed by atoms with Crippen molar-refractivity contribution in [1.82, 2.24) is 5.32 Å². The Morgan fingerprint density at radius 1 is 1.18 bits per heavy atom. The SMILES string of the molecule is COC[C@H](CC1CCCCC1)NCc1ccc(C([O-])=N[C@@H](CCSC)C(=O)O)c(-c2ccccc2C)c1.[Li+]. The fraction of sp³-hybridized carbons (Fsp3) is 0.533. The summed E-state index contributed by atoms with van der Waals surface area (Å²) in [5, 5.41) is 26.5. The molecule has 0 aromatic heterocycles. The molecule has 1 aliphatic carbocycles. The van der Waals surface area contributed by atoms with Gasteiger partial charge in [-0.05, 0) is 77.5 Å². The minimum absolute atomic E-state index is 0. The van der Waals surface area contributed by atoms with Crippen LogP contribution in [0.1, 0.15) is 61.6 Å². The Morgan fingerprint density at radius 3 is 2.58 bits per heavy atom. The molecule has 2 aromatic carbocycles. The number of aryl methyl sites for hydroxylation is 1. The van der Waals surface area contributed by atoms with Gasteiger partial charge in [-0.3, -0.25) is 4.99 Å². The maximum Gasteiger partial charge on any atom is 1.00 e. The molecule has 0 bridgehead atoms. The van der Waals surface area contributed by atoms with Crippen LogP contribution < -0.4 is 29.3 Å². The van der Waals surface area contributed by atoms with Crippen LogP contribution in [0.5, 0.6) is 0 Å². The van der Waals surface area contributed by atoms with E-state index in [-0.39, 0.29) is 24.9 Å². The molecule has 2 N–H and O–H groups in total. The van der Waals surface area contributed by atoms with Crippen LogP contribution in [-0.2, 0) is 16.1 Å². The number of thioether (sulfide) groups is 1. The summed E-state index contributed by atoms with van der Waals surface area (Å²) < 4.78 is 5.51. The number of aliphatic carboxylic acids is 1. The Kier molecular flexibility index (Phi) is 14.6. The van der Waals surface area contributed by atoms with Gasteiger partial charge in [-0.25, -0.2) is 4.79 Å². The van der Waals surface area contributed by atoms with E-state index in [4.69, 9.17) is 4.74 Å². The predicted molar refractivity (Wildman–Crippen MR) is 151 cm³/mol. The van der Waals surface area contributed by atoms with Crippen LogP contribution in [0.25, 0.3) is 11.1 Å². The van der Waals surface area contributed by atoms with E-state index in [0.717, 1.165) is 34.6 Å². The Labute approximate surface area is 244 Å². The first kappa shape index (κ1) is 32.5. The normalized spacial score (nSPS) is 16.0. The monoisotopic (exact) mass is 532 g/mol. The average molecular weight is 533 g/mol. The summed E-state index contributed by atoms with van der Waals surface area (Å²) in [7, 11) is 1.75. The first-order chi connectivity index (χ1) is 17.9. The number of nitrogens with zero attached hydrogens (tertiary/aromatic N) is 1. The molecule has 2 aromatic rings. The van der Waals surface area contributed by atoms with E-state index in [1.54, 1.807) is 24.9 Å². The van der Waals surface area contributed by atoms with Gasteiger partial charge in [0, 0.05) is 19.7 Å². The zero-order valence-electron chi connectivity index (χ0n) is 23.4. The van der Waals surface area contributed by atoms with Gasteiger partial charge in [0.25, 0.3) is 0 Å². The topological polar surface area (TPSA) is 94.0 Å². The second-order valence-corrected chi connectivity index (χ2v) is 11.0. The van der Waals surface area contributed by atoms with Crippen molar-refractivity contribution in [1.29, 1.82) is 0 Å². The second kappa shape index (κ2) is 17.0. The summed E-state index contributed by atoms with van der Waals surface area (Å²) >= 11 is 1.55. The molecule has 202 valence electrons. The molecule has 3 rings (SSSR count). The number of hydrogen-bond donors (Lipinski definition) is 2. The second-order valence-electron chi connectivity index (χ2n) is 10.0. The molecular formula is C30H41LiN2O4S. The fourth-order valence-electron chi connectivity index (χ4n) is 5.17. The Morgan fingerprint density at radius 2 is 1.92 bits per heavy atom. The maximum atomic E-state index is 13.2. The van der Waals surface area contributed by atoms with E-state index in [2.05, 4.69) is 10.3 Å². The van der Waals surface area contributed by atoms with Crippen LogP contribution in [-0.4, -0.2) is 54.8 Å². The molecule has 8 heteroatoms. The van der Waals surface area contributed by atoms with Crippen molar-refractivity contribution in [3.05, 3.63) is 59.2 Å². The van der Waals surface area contributed by atoms with E-state index in [1.807, 2.05) is 49.6 Å². The summed E-state index contributed by atoms with van der Waals surface area (Å²) in [6.07, 6.45) is 9.95. The number of carboxylic acid groups (broad SMARTS) is 1. The molecule has 0 radical (unpaired) electrons. The maximum absolute atomic E-state index is 13.2. The Balaban J connectivity index is 0.00000507. The van der Waals surface area contributed by atoms with Crippen LogP contribution in [0.2, 0.25) is 0 Å². The summed E-state index contributed by atoms with van der Waals surface area (Å²) in [5.41, 5.74) is 4.29. The zero-order valence-corrected chi connectivity index (χ0v) is 24.2. The van der Waals surface area contributed by atoms with E-state index >= 15 is 0 Å². The van der Waals surface area contributed by atoms with Gasteiger partial charge in [0.2, 0.25) is 0 Å². The summed E-state index contributed by atoms with van der Waals surface area (Å²) in [6.45, 7) is 3.35. The number of ether oxygens (including phenoxy) is 1. The van der Waals surface area contributed by atoms with E-state index in [1.165, 1.54) is 32.1 Å². The van der Waals surface area contributed by atoms with Crippen LogP contribution in [0.3, 0.4) is 0 Å². The van der Waals surface area contributed by atoms with Gasteiger partial charge < -0.3 is 20.3 Å². The van der Waals surface area contributed by atoms with Gasteiger partial charge in [-0.1, -0.05) is 68.5 Å². The molecule has 1 fully saturated rings. The molecule has 38 heavy (non-hydrogen) atoms. The molecule has 0 heterocycles. The Bertz CT molecular complexity index is 1040. The van der Waals surface area contributed by atoms with E-state index < -0.39 is 17.9 Å². The molecule has 0 amide bonds. The molecule has 0 saturated heterocycles. The van der Waals surface area contributed by atoms with Gasteiger partial charge in [-0.2, -0.15) is 11.8 Å². The van der Waals surface area contributed by atoms with Gasteiger partial charge in [0.05, 0.1) is 6.61 Å². The third kappa shape index (κ3) is 9.77. The van der Waals surface area contributed by atoms with Gasteiger partial charge in [0.15, 0.2) is 0 Å². The van der Waals surface area contributed by atoms with Crippen molar-refractivity contribution in [2.45, 2.75) is 70.5 Å². The fourth-order valence-corrected chi connectivity index (χ4v) is 5.63. The van der Waals surface area contributed by atoms with Crippen LogP contribution >= 0.6 is 11.8 Å². The zero-order chi connectivity index (χ0) is 26.6. The first-order valence-electron chi connectivity index (χ1n) is 13.3. The molecule has 1 saturated carbocycles. The molecule has 6 nitrogen and oxygen atoms in total. The largest absolute Gasteiger partial charge is 1.00 e. The third-order valence-corrected chi connectivity index (χ3v) is 7.85. The Hall–Kier alpha value is -1.75. The van der Waals surface area contributed by atoms with Crippen molar-refractivity contribution in [2.24, 2.45) is 10.9 Å². The smallest absolute Gasteiger partial charge is 0.858 e.